The predicted octanol–water partition coefficient (Wildman–Crippen LogP) is 1.41. The molecule has 0 saturated carbocycles. The number of aliphatic hydroxyl groups is 1. The number of aryl methyl sites for hydroxylation is 1. The molecule has 0 atom stereocenters. The van der Waals surface area contributed by atoms with Crippen molar-refractivity contribution in [2.45, 2.75) is 25.8 Å². The molecule has 0 aliphatic heterocycles. The van der Waals surface area contributed by atoms with E-state index in [4.69, 9.17) is 10.2 Å². The molecule has 1 amide bonds. The van der Waals surface area contributed by atoms with E-state index in [0.29, 0.717) is 5.13 Å². The number of rotatable bonds is 7. The van der Waals surface area contributed by atoms with Crippen molar-refractivity contribution in [3.05, 3.63) is 29.0 Å². The van der Waals surface area contributed by atoms with Crippen LogP contribution in [0.2, 0.25) is 0 Å². The summed E-state index contributed by atoms with van der Waals surface area (Å²) in [5.74, 6) is 0. The Kier molecular flexibility index (Phi) is 5.08. The molecule has 20 heavy (non-hydrogen) atoms. The third-order valence-electron chi connectivity index (χ3n) is 2.66. The number of amides is 1. The topological polar surface area (TPSA) is 100 Å². The first-order chi connectivity index (χ1) is 9.69. The van der Waals surface area contributed by atoms with Gasteiger partial charge in [0, 0.05) is 23.9 Å². The summed E-state index contributed by atoms with van der Waals surface area (Å²) in [6, 6.07) is 0. The minimum absolute atomic E-state index is 0.209. The first-order valence-corrected chi connectivity index (χ1v) is 7.07. The van der Waals surface area contributed by atoms with Crippen LogP contribution in [0.4, 0.5) is 4.79 Å². The summed E-state index contributed by atoms with van der Waals surface area (Å²) >= 11 is 1.39. The summed E-state index contributed by atoms with van der Waals surface area (Å²) in [4.78, 5) is 15.5. The van der Waals surface area contributed by atoms with Crippen LogP contribution in [0.5, 0.6) is 0 Å². The largest absolute Gasteiger partial charge is 0.465 e. The highest BCUT2D eigenvalue weighted by molar-refractivity contribution is 7.14. The number of nitrogens with one attached hydrogen (secondary N) is 1. The Morgan fingerprint density at radius 3 is 3.00 bits per heavy atom. The summed E-state index contributed by atoms with van der Waals surface area (Å²) in [5, 5.41) is 24.5. The Hall–Kier alpha value is -1.93. The van der Waals surface area contributed by atoms with Crippen LogP contribution in [0.1, 0.15) is 23.3 Å². The fraction of sp³-hybridized carbons (Fsp3) is 0.417. The van der Waals surface area contributed by atoms with Crippen molar-refractivity contribution < 1.29 is 15.0 Å². The van der Waals surface area contributed by atoms with Gasteiger partial charge in [0.25, 0.3) is 0 Å². The monoisotopic (exact) mass is 296 g/mol. The minimum Gasteiger partial charge on any atom is -0.465 e. The van der Waals surface area contributed by atoms with E-state index in [1.165, 1.54) is 11.3 Å². The van der Waals surface area contributed by atoms with Crippen LogP contribution in [0.15, 0.2) is 18.6 Å². The van der Waals surface area contributed by atoms with Crippen LogP contribution in [-0.4, -0.2) is 37.7 Å². The molecule has 0 fully saturated rings. The third kappa shape index (κ3) is 4.04. The van der Waals surface area contributed by atoms with E-state index < -0.39 is 6.09 Å². The number of thiazole rings is 1. The van der Waals surface area contributed by atoms with Gasteiger partial charge in [0.05, 0.1) is 12.7 Å². The lowest BCUT2D eigenvalue weighted by Crippen LogP contribution is -2.19. The number of carbonyl (C=O) groups is 1. The second-order valence-electron chi connectivity index (χ2n) is 4.24. The summed E-state index contributed by atoms with van der Waals surface area (Å²) in [7, 11) is 0. The van der Waals surface area contributed by atoms with Gasteiger partial charge in [-0.1, -0.05) is 11.3 Å². The zero-order valence-corrected chi connectivity index (χ0v) is 11.6. The number of hydrogen-bond donors (Lipinski definition) is 3. The van der Waals surface area contributed by atoms with Crippen LogP contribution < -0.4 is 5.32 Å². The maximum Gasteiger partial charge on any atom is 0.404 e. The second-order valence-corrected chi connectivity index (χ2v) is 5.34. The van der Waals surface area contributed by atoms with Gasteiger partial charge in [0.2, 0.25) is 5.13 Å². The van der Waals surface area contributed by atoms with Crippen molar-refractivity contribution in [2.75, 3.05) is 6.61 Å². The van der Waals surface area contributed by atoms with E-state index in [-0.39, 0.29) is 13.2 Å². The lowest BCUT2D eigenvalue weighted by Gasteiger charge is -1.96. The molecule has 0 spiro atoms. The first kappa shape index (κ1) is 14.5. The molecular weight excluding hydrogens is 280 g/mol. The Balaban J connectivity index is 1.95. The van der Waals surface area contributed by atoms with Crippen molar-refractivity contribution in [3.63, 3.8) is 0 Å². The zero-order valence-electron chi connectivity index (χ0n) is 10.8. The number of carboxylic acid groups (broad SMARTS) is 1. The molecule has 2 rings (SSSR count). The van der Waals surface area contributed by atoms with Crippen molar-refractivity contribution in [3.8, 4) is 5.13 Å². The fourth-order valence-corrected chi connectivity index (χ4v) is 2.47. The Morgan fingerprint density at radius 1 is 1.40 bits per heavy atom. The number of aliphatic hydroxyl groups excluding tert-OH is 1. The molecule has 2 heterocycles. The zero-order chi connectivity index (χ0) is 14.4. The molecule has 0 radical (unpaired) electrons. The summed E-state index contributed by atoms with van der Waals surface area (Å²) in [6.07, 6.45) is 6.87. The molecule has 3 N–H and O–H groups in total. The summed E-state index contributed by atoms with van der Waals surface area (Å²) in [5.41, 5.74) is 1.10. The van der Waals surface area contributed by atoms with E-state index >= 15 is 0 Å². The van der Waals surface area contributed by atoms with Gasteiger partial charge in [0.1, 0.15) is 0 Å². The van der Waals surface area contributed by atoms with Gasteiger partial charge in [0.15, 0.2) is 0 Å². The molecule has 0 aliphatic carbocycles. The van der Waals surface area contributed by atoms with Crippen LogP contribution >= 0.6 is 11.3 Å². The quantitative estimate of drug-likeness (QED) is 0.671. The molecule has 0 unspecified atom stereocenters. The molecule has 7 nitrogen and oxygen atoms in total. The standard InChI is InChI=1S/C12H16N4O3S/c17-4-2-1-3-9-5-15-16(8-9)11-13-6-10(20-11)7-14-12(18)19/h5-6,8,14,17H,1-4,7H2,(H,18,19). The van der Waals surface area contributed by atoms with Crippen LogP contribution in [0, 0.1) is 0 Å². The average molecular weight is 296 g/mol. The smallest absolute Gasteiger partial charge is 0.404 e. The summed E-state index contributed by atoms with van der Waals surface area (Å²) < 4.78 is 1.68. The van der Waals surface area contributed by atoms with Crippen molar-refractivity contribution in [2.24, 2.45) is 0 Å². The van der Waals surface area contributed by atoms with Crippen molar-refractivity contribution >= 4 is 17.4 Å². The Labute approximate surface area is 119 Å². The number of aromatic nitrogens is 3. The van der Waals surface area contributed by atoms with Crippen molar-refractivity contribution in [1.29, 1.82) is 0 Å². The van der Waals surface area contributed by atoms with Crippen LogP contribution in [0.3, 0.4) is 0 Å². The average Bonchev–Trinajstić information content (AvgIpc) is 3.05. The highest BCUT2D eigenvalue weighted by Gasteiger charge is 2.07. The van der Waals surface area contributed by atoms with Crippen LogP contribution in [0.25, 0.3) is 5.13 Å². The predicted molar refractivity (Wildman–Crippen MR) is 74.1 cm³/mol. The normalized spacial score (nSPS) is 10.7. The molecule has 2 aromatic rings. The van der Waals surface area contributed by atoms with Gasteiger partial charge in [-0.3, -0.25) is 0 Å². The molecule has 2 aromatic heterocycles. The Bertz CT molecular complexity index is 567. The fourth-order valence-electron chi connectivity index (χ4n) is 1.68. The van der Waals surface area contributed by atoms with Crippen LogP contribution in [-0.2, 0) is 13.0 Å². The van der Waals surface area contributed by atoms with E-state index in [1.54, 1.807) is 17.1 Å². The van der Waals surface area contributed by atoms with Gasteiger partial charge >= 0.3 is 6.09 Å². The second kappa shape index (κ2) is 7.01. The summed E-state index contributed by atoms with van der Waals surface area (Å²) in [6.45, 7) is 0.457. The molecular formula is C12H16N4O3S. The van der Waals surface area contributed by atoms with E-state index in [2.05, 4.69) is 15.4 Å². The SMILES string of the molecule is O=C(O)NCc1cnc(-n2cc(CCCCO)cn2)s1. The van der Waals surface area contributed by atoms with Crippen molar-refractivity contribution in [1.82, 2.24) is 20.1 Å². The molecule has 0 saturated heterocycles. The van der Waals surface area contributed by atoms with E-state index in [9.17, 15) is 4.79 Å². The molecule has 0 bridgehead atoms. The maximum atomic E-state index is 10.4. The first-order valence-electron chi connectivity index (χ1n) is 6.25. The van der Waals surface area contributed by atoms with E-state index in [0.717, 1.165) is 29.7 Å². The molecule has 108 valence electrons. The minimum atomic E-state index is -1.05. The Morgan fingerprint density at radius 2 is 2.25 bits per heavy atom. The number of nitrogens with zero attached hydrogens (tertiary/aromatic N) is 3. The lowest BCUT2D eigenvalue weighted by molar-refractivity contribution is 0.194. The lowest BCUT2D eigenvalue weighted by atomic mass is 10.2. The van der Waals surface area contributed by atoms with Gasteiger partial charge in [-0.25, -0.2) is 14.5 Å². The third-order valence-corrected chi connectivity index (χ3v) is 3.65. The highest BCUT2D eigenvalue weighted by atomic mass is 32.1. The van der Waals surface area contributed by atoms with E-state index in [1.807, 2.05) is 6.20 Å². The number of unbranched alkanes of at least 4 members (excludes halogenated alkanes) is 1. The molecule has 0 aromatic carbocycles. The maximum absolute atomic E-state index is 10.4. The van der Waals surface area contributed by atoms with Gasteiger partial charge in [-0.05, 0) is 24.8 Å². The number of hydrogen-bond acceptors (Lipinski definition) is 5. The molecule has 0 aliphatic rings. The van der Waals surface area contributed by atoms with Gasteiger partial charge in [-0.2, -0.15) is 5.10 Å². The van der Waals surface area contributed by atoms with Gasteiger partial charge in [-0.15, -0.1) is 0 Å². The molecule has 8 heteroatoms. The van der Waals surface area contributed by atoms with Gasteiger partial charge < -0.3 is 15.5 Å². The highest BCUT2D eigenvalue weighted by Crippen LogP contribution is 2.17.